The highest BCUT2D eigenvalue weighted by atomic mass is 32.2. The third kappa shape index (κ3) is 5.31. The summed E-state index contributed by atoms with van der Waals surface area (Å²) in [6.07, 6.45) is 3.86. The fourth-order valence-corrected chi connectivity index (χ4v) is 1.11. The fraction of sp³-hybridized carbons (Fsp3) is 0.889. The molecule has 1 atom stereocenters. The average molecular weight is 174 g/mol. The van der Waals surface area contributed by atoms with Crippen molar-refractivity contribution < 1.29 is 4.79 Å². The van der Waals surface area contributed by atoms with Crippen LogP contribution in [-0.2, 0) is 4.79 Å². The number of Topliss-reactive ketones (excluding diaryl/α,β-unsaturated/α-hetero) is 1. The topological polar surface area (TPSA) is 17.1 Å². The first-order valence-corrected chi connectivity index (χ1v) is 5.42. The number of carbonyl (C=O) groups excluding carboxylic acids is 1. The average Bonchev–Trinajstić information content (AvgIpc) is 1.99. The van der Waals surface area contributed by atoms with Crippen LogP contribution in [0.2, 0.25) is 0 Å². The van der Waals surface area contributed by atoms with Gasteiger partial charge in [-0.15, -0.1) is 0 Å². The minimum Gasteiger partial charge on any atom is -0.299 e. The van der Waals surface area contributed by atoms with Gasteiger partial charge in [-0.25, -0.2) is 0 Å². The molecule has 0 aliphatic heterocycles. The van der Waals surface area contributed by atoms with Gasteiger partial charge in [0.1, 0.15) is 5.78 Å². The van der Waals surface area contributed by atoms with E-state index in [9.17, 15) is 4.79 Å². The molecule has 0 aromatic carbocycles. The molecule has 0 saturated carbocycles. The Bertz CT molecular complexity index is 121. The fourth-order valence-electron chi connectivity index (χ4n) is 0.752. The zero-order chi connectivity index (χ0) is 8.85. The normalized spacial score (nSPS) is 13.5. The lowest BCUT2D eigenvalue weighted by molar-refractivity contribution is -0.121. The van der Waals surface area contributed by atoms with Crippen LogP contribution in [0.15, 0.2) is 0 Å². The largest absolute Gasteiger partial charge is 0.299 e. The van der Waals surface area contributed by atoms with E-state index < -0.39 is 0 Å². The van der Waals surface area contributed by atoms with Crippen molar-refractivity contribution in [2.24, 2.45) is 5.92 Å². The molecule has 0 spiro atoms. The Kier molecular flexibility index (Phi) is 5.65. The quantitative estimate of drug-likeness (QED) is 0.637. The van der Waals surface area contributed by atoms with Crippen molar-refractivity contribution >= 4 is 17.5 Å². The second kappa shape index (κ2) is 5.64. The Morgan fingerprint density at radius 2 is 1.91 bits per heavy atom. The van der Waals surface area contributed by atoms with Crippen LogP contribution < -0.4 is 0 Å². The number of ketones is 1. The monoisotopic (exact) mass is 174 g/mol. The summed E-state index contributed by atoms with van der Waals surface area (Å²) in [5.41, 5.74) is 0. The molecule has 0 bridgehead atoms. The summed E-state index contributed by atoms with van der Waals surface area (Å²) in [6.45, 7) is 6.09. The second-order valence-electron chi connectivity index (χ2n) is 3.21. The Morgan fingerprint density at radius 1 is 1.36 bits per heavy atom. The zero-order valence-electron chi connectivity index (χ0n) is 7.89. The SMILES string of the molecule is CS[C@@H](C)CCC(=O)C(C)C. The van der Waals surface area contributed by atoms with Crippen molar-refractivity contribution in [1.82, 2.24) is 0 Å². The molecule has 2 heteroatoms. The lowest BCUT2D eigenvalue weighted by Gasteiger charge is -2.07. The van der Waals surface area contributed by atoms with E-state index in [1.165, 1.54) is 0 Å². The molecule has 0 saturated heterocycles. The number of carbonyl (C=O) groups is 1. The molecule has 0 aliphatic rings. The summed E-state index contributed by atoms with van der Waals surface area (Å²) in [5.74, 6) is 0.606. The van der Waals surface area contributed by atoms with Crippen LogP contribution in [0.5, 0.6) is 0 Å². The number of hydrogen-bond acceptors (Lipinski definition) is 2. The molecule has 1 nitrogen and oxygen atoms in total. The van der Waals surface area contributed by atoms with Crippen LogP contribution in [0.3, 0.4) is 0 Å². The van der Waals surface area contributed by atoms with Gasteiger partial charge in [-0.05, 0) is 12.7 Å². The molecule has 0 amide bonds. The van der Waals surface area contributed by atoms with E-state index in [0.29, 0.717) is 11.0 Å². The van der Waals surface area contributed by atoms with Crippen molar-refractivity contribution in [2.75, 3.05) is 6.26 Å². The maximum atomic E-state index is 11.2. The Balaban J connectivity index is 3.46. The molecule has 0 N–H and O–H groups in total. The number of rotatable bonds is 5. The molecule has 0 unspecified atom stereocenters. The Morgan fingerprint density at radius 3 is 2.27 bits per heavy atom. The van der Waals surface area contributed by atoms with Crippen LogP contribution in [0.1, 0.15) is 33.6 Å². The summed E-state index contributed by atoms with van der Waals surface area (Å²) in [5, 5.41) is 0.623. The molecule has 0 aromatic heterocycles. The van der Waals surface area contributed by atoms with Crippen molar-refractivity contribution in [3.63, 3.8) is 0 Å². The molecule has 66 valence electrons. The van der Waals surface area contributed by atoms with Crippen molar-refractivity contribution in [1.29, 1.82) is 0 Å². The van der Waals surface area contributed by atoms with Crippen LogP contribution in [0.4, 0.5) is 0 Å². The predicted octanol–water partition coefficient (Wildman–Crippen LogP) is 2.74. The summed E-state index contributed by atoms with van der Waals surface area (Å²) in [7, 11) is 0. The molecule has 0 aromatic rings. The van der Waals surface area contributed by atoms with Gasteiger partial charge in [0.25, 0.3) is 0 Å². The summed E-state index contributed by atoms with van der Waals surface area (Å²) in [4.78, 5) is 11.2. The van der Waals surface area contributed by atoms with E-state index in [1.54, 1.807) is 0 Å². The van der Waals surface area contributed by atoms with E-state index in [0.717, 1.165) is 12.8 Å². The summed E-state index contributed by atoms with van der Waals surface area (Å²) >= 11 is 1.83. The van der Waals surface area contributed by atoms with Gasteiger partial charge in [0.15, 0.2) is 0 Å². The highest BCUT2D eigenvalue weighted by Gasteiger charge is 2.08. The number of thioether (sulfide) groups is 1. The van der Waals surface area contributed by atoms with Gasteiger partial charge in [0.05, 0.1) is 0 Å². The first kappa shape index (κ1) is 11.0. The van der Waals surface area contributed by atoms with Crippen LogP contribution in [-0.4, -0.2) is 17.3 Å². The Labute approximate surface area is 73.9 Å². The third-order valence-corrected chi connectivity index (χ3v) is 2.88. The maximum absolute atomic E-state index is 11.2. The van der Waals surface area contributed by atoms with Gasteiger partial charge in [0, 0.05) is 17.6 Å². The van der Waals surface area contributed by atoms with Gasteiger partial charge >= 0.3 is 0 Å². The molecule has 0 fully saturated rings. The molecule has 0 heterocycles. The van der Waals surface area contributed by atoms with Gasteiger partial charge in [-0.3, -0.25) is 4.79 Å². The molecule has 11 heavy (non-hydrogen) atoms. The van der Waals surface area contributed by atoms with Crippen molar-refractivity contribution in [2.45, 2.75) is 38.9 Å². The predicted molar refractivity (Wildman–Crippen MR) is 52.1 cm³/mol. The maximum Gasteiger partial charge on any atom is 0.135 e. The lowest BCUT2D eigenvalue weighted by atomic mass is 10.0. The van der Waals surface area contributed by atoms with Crippen molar-refractivity contribution in [3.8, 4) is 0 Å². The smallest absolute Gasteiger partial charge is 0.135 e. The molecular formula is C9H18OS. The summed E-state index contributed by atoms with van der Waals surface area (Å²) in [6, 6.07) is 0. The Hall–Kier alpha value is 0.0200. The first-order valence-electron chi connectivity index (χ1n) is 4.13. The third-order valence-electron chi connectivity index (χ3n) is 1.84. The first-order chi connectivity index (χ1) is 5.07. The van der Waals surface area contributed by atoms with Crippen LogP contribution in [0.25, 0.3) is 0 Å². The zero-order valence-corrected chi connectivity index (χ0v) is 8.70. The van der Waals surface area contributed by atoms with Crippen molar-refractivity contribution in [3.05, 3.63) is 0 Å². The van der Waals surface area contributed by atoms with Gasteiger partial charge < -0.3 is 0 Å². The minimum absolute atomic E-state index is 0.212. The minimum atomic E-state index is 0.212. The molecule has 0 rings (SSSR count). The van der Waals surface area contributed by atoms with E-state index in [-0.39, 0.29) is 5.92 Å². The van der Waals surface area contributed by atoms with E-state index >= 15 is 0 Å². The van der Waals surface area contributed by atoms with E-state index in [1.807, 2.05) is 25.6 Å². The lowest BCUT2D eigenvalue weighted by Crippen LogP contribution is -2.09. The highest BCUT2D eigenvalue weighted by Crippen LogP contribution is 2.13. The van der Waals surface area contributed by atoms with Crippen LogP contribution >= 0.6 is 11.8 Å². The molecule has 0 radical (unpaired) electrons. The van der Waals surface area contributed by atoms with Gasteiger partial charge in [-0.2, -0.15) is 11.8 Å². The molecule has 0 aliphatic carbocycles. The highest BCUT2D eigenvalue weighted by molar-refractivity contribution is 7.99. The second-order valence-corrected chi connectivity index (χ2v) is 4.48. The number of hydrogen-bond donors (Lipinski definition) is 0. The van der Waals surface area contributed by atoms with Gasteiger partial charge in [0.2, 0.25) is 0 Å². The van der Waals surface area contributed by atoms with Crippen LogP contribution in [0, 0.1) is 5.92 Å². The van der Waals surface area contributed by atoms with E-state index in [2.05, 4.69) is 13.2 Å². The van der Waals surface area contributed by atoms with Gasteiger partial charge in [-0.1, -0.05) is 20.8 Å². The van der Waals surface area contributed by atoms with E-state index in [4.69, 9.17) is 0 Å². The standard InChI is InChI=1S/C9H18OS/c1-7(2)9(10)6-5-8(3)11-4/h7-8H,5-6H2,1-4H3/t8-/m0/s1. The molecular weight excluding hydrogens is 156 g/mol. The summed E-state index contributed by atoms with van der Waals surface area (Å²) < 4.78 is 0.